The minimum Gasteiger partial charge on any atom is -0.324 e. The smallest absolute Gasteiger partial charge is 0.295 e. The highest BCUT2D eigenvalue weighted by Gasteiger charge is 2.26. The van der Waals surface area contributed by atoms with E-state index in [1.54, 1.807) is 4.68 Å². The van der Waals surface area contributed by atoms with Crippen LogP contribution in [-0.2, 0) is 4.79 Å². The number of hydrogen-bond donors (Lipinski definition) is 1. The molecule has 7 heteroatoms. The zero-order chi connectivity index (χ0) is 24.7. The molecule has 0 unspecified atom stereocenters. The quantitative estimate of drug-likeness (QED) is 0.456. The number of fused-ring (bicyclic) bond motifs is 1. The summed E-state index contributed by atoms with van der Waals surface area (Å²) in [6.45, 7) is 13.7. The van der Waals surface area contributed by atoms with Crippen molar-refractivity contribution >= 4 is 22.5 Å². The number of benzene rings is 2. The van der Waals surface area contributed by atoms with Crippen LogP contribution in [0.4, 0.5) is 5.69 Å². The Kier molecular flexibility index (Phi) is 6.13. The van der Waals surface area contributed by atoms with E-state index in [4.69, 9.17) is 0 Å². The van der Waals surface area contributed by atoms with Crippen molar-refractivity contribution in [2.24, 2.45) is 0 Å². The fourth-order valence-corrected chi connectivity index (χ4v) is 4.65. The number of amides is 1. The molecule has 0 aliphatic rings. The number of nitrogens with zero attached hydrogens (tertiary/aromatic N) is 4. The summed E-state index contributed by atoms with van der Waals surface area (Å²) in [6, 6.07) is 11.3. The first kappa shape index (κ1) is 23.4. The van der Waals surface area contributed by atoms with Crippen molar-refractivity contribution in [1.29, 1.82) is 0 Å². The number of rotatable bonds is 5. The van der Waals surface area contributed by atoms with Crippen LogP contribution in [0.2, 0.25) is 0 Å². The zero-order valence-electron chi connectivity index (χ0n) is 20.9. The summed E-state index contributed by atoms with van der Waals surface area (Å²) in [6.07, 6.45) is 0.422. The maximum absolute atomic E-state index is 13.5. The van der Waals surface area contributed by atoms with E-state index in [0.29, 0.717) is 17.6 Å². The second-order valence-corrected chi connectivity index (χ2v) is 9.08. The third-order valence-corrected chi connectivity index (χ3v) is 6.33. The van der Waals surface area contributed by atoms with Gasteiger partial charge >= 0.3 is 0 Å². The van der Waals surface area contributed by atoms with Crippen LogP contribution in [-0.4, -0.2) is 25.5 Å². The Labute approximate surface area is 199 Å². The first-order chi connectivity index (χ1) is 16.1. The van der Waals surface area contributed by atoms with Crippen LogP contribution < -0.4 is 10.9 Å². The van der Waals surface area contributed by atoms with Gasteiger partial charge < -0.3 is 5.32 Å². The third kappa shape index (κ3) is 4.02. The largest absolute Gasteiger partial charge is 0.324 e. The molecule has 0 fully saturated rings. The van der Waals surface area contributed by atoms with Crippen molar-refractivity contribution in [2.45, 2.75) is 60.9 Å². The lowest BCUT2D eigenvalue weighted by atomic mass is 10.0. The lowest BCUT2D eigenvalue weighted by Gasteiger charge is -2.19. The summed E-state index contributed by atoms with van der Waals surface area (Å²) in [4.78, 5) is 26.8. The van der Waals surface area contributed by atoms with Crippen LogP contribution >= 0.6 is 0 Å². The van der Waals surface area contributed by atoms with Crippen LogP contribution in [0.5, 0.6) is 0 Å². The molecule has 1 amide bonds. The fraction of sp³-hybridized carbons (Fsp3) is 0.333. The van der Waals surface area contributed by atoms with Crippen LogP contribution in [0.15, 0.2) is 41.2 Å². The molecule has 0 bridgehead atoms. The highest BCUT2D eigenvalue weighted by molar-refractivity contribution is 5.95. The Morgan fingerprint density at radius 3 is 2.15 bits per heavy atom. The van der Waals surface area contributed by atoms with Crippen LogP contribution in [0.25, 0.3) is 16.6 Å². The molecule has 1 N–H and O–H groups in total. The van der Waals surface area contributed by atoms with Crippen molar-refractivity contribution in [3.8, 4) is 5.69 Å². The fourth-order valence-electron chi connectivity index (χ4n) is 4.65. The van der Waals surface area contributed by atoms with E-state index in [2.05, 4.69) is 15.5 Å². The predicted molar refractivity (Wildman–Crippen MR) is 136 cm³/mol. The maximum Gasteiger partial charge on any atom is 0.295 e. The molecule has 2 aromatic heterocycles. The van der Waals surface area contributed by atoms with E-state index in [-0.39, 0.29) is 11.5 Å². The monoisotopic (exact) mass is 457 g/mol. The summed E-state index contributed by atoms with van der Waals surface area (Å²) < 4.78 is 3.06. The molecule has 34 heavy (non-hydrogen) atoms. The highest BCUT2D eigenvalue weighted by Crippen LogP contribution is 2.25. The minimum absolute atomic E-state index is 0.263. The first-order valence-corrected chi connectivity index (χ1v) is 11.6. The third-order valence-electron chi connectivity index (χ3n) is 6.33. The van der Waals surface area contributed by atoms with Gasteiger partial charge in [-0.3, -0.25) is 9.59 Å². The number of hydrogen-bond acceptors (Lipinski definition) is 4. The maximum atomic E-state index is 13.5. The van der Waals surface area contributed by atoms with E-state index in [0.717, 1.165) is 44.7 Å². The average Bonchev–Trinajstić information content (AvgIpc) is 3.13. The summed E-state index contributed by atoms with van der Waals surface area (Å²) in [5.41, 5.74) is 7.37. The van der Waals surface area contributed by atoms with E-state index in [9.17, 15) is 9.59 Å². The lowest BCUT2D eigenvalue weighted by molar-refractivity contribution is -0.119. The van der Waals surface area contributed by atoms with Crippen molar-refractivity contribution < 1.29 is 4.79 Å². The van der Waals surface area contributed by atoms with E-state index in [1.165, 1.54) is 4.68 Å². The summed E-state index contributed by atoms with van der Waals surface area (Å²) in [5, 5.41) is 13.0. The molecule has 7 nitrogen and oxygen atoms in total. The Morgan fingerprint density at radius 1 is 0.941 bits per heavy atom. The molecule has 0 radical (unpaired) electrons. The van der Waals surface area contributed by atoms with Crippen molar-refractivity contribution in [3.63, 3.8) is 0 Å². The van der Waals surface area contributed by atoms with Gasteiger partial charge in [0.15, 0.2) is 5.52 Å². The molecular weight excluding hydrogens is 426 g/mol. The second-order valence-electron chi connectivity index (χ2n) is 9.08. The Morgan fingerprint density at radius 2 is 1.56 bits per heavy atom. The summed E-state index contributed by atoms with van der Waals surface area (Å²) >= 11 is 0. The topological polar surface area (TPSA) is 81.8 Å². The standard InChI is InChI=1S/C27H31N5O2/c1-8-22(26(33)28-24-17(4)13-16(3)14-18(24)5)32-27(34)25-23(19(6)29-32)20(7)31(30-25)21-11-9-15(2)10-12-21/h9-14,22H,8H2,1-7H3,(H,28,33)/t22-/m1/s1. The first-order valence-electron chi connectivity index (χ1n) is 11.6. The van der Waals surface area contributed by atoms with Gasteiger partial charge in [0.05, 0.1) is 22.5 Å². The van der Waals surface area contributed by atoms with Gasteiger partial charge in [-0.2, -0.15) is 10.2 Å². The van der Waals surface area contributed by atoms with Gasteiger partial charge in [-0.15, -0.1) is 0 Å². The molecular formula is C27H31N5O2. The predicted octanol–water partition coefficient (Wildman–Crippen LogP) is 5.02. The van der Waals surface area contributed by atoms with Crippen LogP contribution in [0, 0.1) is 41.5 Å². The van der Waals surface area contributed by atoms with Gasteiger partial charge in [0.2, 0.25) is 5.91 Å². The molecule has 0 saturated heterocycles. The molecule has 0 aliphatic heterocycles. The van der Waals surface area contributed by atoms with Gasteiger partial charge in [0.1, 0.15) is 6.04 Å². The second kappa shape index (κ2) is 8.89. The molecule has 2 aromatic carbocycles. The van der Waals surface area contributed by atoms with E-state index < -0.39 is 6.04 Å². The number of aromatic nitrogens is 4. The number of carbonyl (C=O) groups excluding carboxylic acids is 1. The normalized spacial score (nSPS) is 12.2. The van der Waals surface area contributed by atoms with Gasteiger partial charge in [0, 0.05) is 5.69 Å². The molecule has 0 saturated carbocycles. The SMILES string of the molecule is CC[C@H](C(=O)Nc1c(C)cc(C)cc1C)n1nc(C)c2c(C)n(-c3ccc(C)cc3)nc2c1=O. The van der Waals surface area contributed by atoms with Gasteiger partial charge in [-0.25, -0.2) is 9.36 Å². The average molecular weight is 458 g/mol. The highest BCUT2D eigenvalue weighted by atomic mass is 16.2. The van der Waals surface area contributed by atoms with Gasteiger partial charge in [-0.05, 0) is 71.2 Å². The number of carbonyl (C=O) groups is 1. The molecule has 0 aliphatic carbocycles. The zero-order valence-corrected chi connectivity index (χ0v) is 20.9. The molecule has 4 rings (SSSR count). The summed E-state index contributed by atoms with van der Waals surface area (Å²) in [5.74, 6) is -0.263. The summed E-state index contributed by atoms with van der Waals surface area (Å²) in [7, 11) is 0. The Balaban J connectivity index is 1.79. The van der Waals surface area contributed by atoms with Gasteiger partial charge in [0.25, 0.3) is 5.56 Å². The molecule has 2 heterocycles. The molecule has 4 aromatic rings. The van der Waals surface area contributed by atoms with E-state index >= 15 is 0 Å². The van der Waals surface area contributed by atoms with Crippen molar-refractivity contribution in [1.82, 2.24) is 19.6 Å². The van der Waals surface area contributed by atoms with Crippen molar-refractivity contribution in [3.05, 3.63) is 80.4 Å². The minimum atomic E-state index is -0.750. The van der Waals surface area contributed by atoms with Gasteiger partial charge in [-0.1, -0.05) is 42.3 Å². The van der Waals surface area contributed by atoms with Crippen LogP contribution in [0.1, 0.15) is 53.0 Å². The Bertz CT molecular complexity index is 1440. The molecule has 176 valence electrons. The number of aryl methyl sites for hydroxylation is 6. The number of nitrogens with one attached hydrogen (secondary N) is 1. The van der Waals surface area contributed by atoms with E-state index in [1.807, 2.05) is 84.9 Å². The molecule has 1 atom stereocenters. The number of anilines is 1. The molecule has 0 spiro atoms. The van der Waals surface area contributed by atoms with Crippen LogP contribution in [0.3, 0.4) is 0 Å². The Hall–Kier alpha value is -3.74. The lowest BCUT2D eigenvalue weighted by Crippen LogP contribution is -2.35. The van der Waals surface area contributed by atoms with Crippen molar-refractivity contribution in [2.75, 3.05) is 5.32 Å².